The van der Waals surface area contributed by atoms with Gasteiger partial charge in [0.25, 0.3) is 5.50 Å². The maximum Gasteiger partial charge on any atom is 0.410 e. The van der Waals surface area contributed by atoms with Crippen LogP contribution in [-0.2, 0) is 20.9 Å². The lowest BCUT2D eigenvalue weighted by Gasteiger charge is -2.25. The fraction of sp³-hybridized carbons (Fsp3) is 1.00. The van der Waals surface area contributed by atoms with Gasteiger partial charge in [-0.2, -0.15) is 17.6 Å². The molecule has 0 aromatic heterocycles. The number of hydrogen-bond donors (Lipinski definition) is 1. The van der Waals surface area contributed by atoms with Crippen LogP contribution in [0, 0.1) is 0 Å². The van der Waals surface area contributed by atoms with Crippen LogP contribution in [0.5, 0.6) is 0 Å². The maximum absolute atomic E-state index is 12.5. The van der Waals surface area contributed by atoms with E-state index in [2.05, 4.69) is 0 Å². The Morgan fingerprint density at radius 3 is 1.80 bits per heavy atom. The molecule has 0 saturated heterocycles. The molecule has 1 N–H and O–H groups in total. The molecule has 0 amide bonds. The summed E-state index contributed by atoms with van der Waals surface area (Å²) in [7, 11) is -5.12. The second-order valence-corrected chi connectivity index (χ2v) is 5.62. The molecule has 0 aliphatic rings. The minimum absolute atomic E-state index is 0.0397. The summed E-state index contributed by atoms with van der Waals surface area (Å²) < 4.78 is 100. The largest absolute Gasteiger partial charge is 0.410 e. The smallest absolute Gasteiger partial charge is 0.301 e. The molecule has 11 heteroatoms. The van der Waals surface area contributed by atoms with Gasteiger partial charge < -0.3 is 4.55 Å². The van der Waals surface area contributed by atoms with Crippen molar-refractivity contribution in [3.8, 4) is 0 Å². The van der Waals surface area contributed by atoms with E-state index >= 15 is 0 Å². The molecule has 0 saturated carbocycles. The third-order valence-electron chi connectivity index (χ3n) is 1.27. The second kappa shape index (κ2) is 3.94. The highest BCUT2D eigenvalue weighted by atomic mass is 32.2. The molecule has 0 rings (SSSR count). The molecule has 0 heterocycles. The lowest BCUT2D eigenvalue weighted by atomic mass is 10.4. The van der Waals surface area contributed by atoms with Crippen molar-refractivity contribution in [2.75, 3.05) is 6.26 Å². The molecule has 0 aliphatic heterocycles. The van der Waals surface area contributed by atoms with Crippen LogP contribution in [0.3, 0.4) is 0 Å². The number of halogens is 5. The normalized spacial score (nSPS) is 18.6. The predicted octanol–water partition coefficient (Wildman–Crippen LogP) is 0.776. The standard InChI is InChI=1S/C4H5F5O4S2/c1-15(12,13)2(5)3(6,7)4(8,9)14(10)11/h2H,1H3,(H,10,11). The first-order chi connectivity index (χ1) is 6.35. The SMILES string of the molecule is CS(=O)(=O)C(F)C(F)(F)C(F)(F)S(=O)O. The van der Waals surface area contributed by atoms with Crippen LogP contribution in [0.4, 0.5) is 22.0 Å². The highest BCUT2D eigenvalue weighted by Crippen LogP contribution is 2.41. The van der Waals surface area contributed by atoms with Gasteiger partial charge in [0.1, 0.15) is 0 Å². The van der Waals surface area contributed by atoms with Gasteiger partial charge in [-0.05, 0) is 0 Å². The fourth-order valence-corrected chi connectivity index (χ4v) is 1.61. The lowest BCUT2D eigenvalue weighted by Crippen LogP contribution is -2.52. The third kappa shape index (κ3) is 2.64. The molecular formula is C4H5F5O4S2. The minimum atomic E-state index is -5.78. The van der Waals surface area contributed by atoms with Crippen LogP contribution in [0.25, 0.3) is 0 Å². The molecule has 0 fully saturated rings. The Morgan fingerprint density at radius 2 is 1.60 bits per heavy atom. The third-order valence-corrected chi connectivity index (χ3v) is 3.03. The zero-order valence-electron chi connectivity index (χ0n) is 6.96. The van der Waals surface area contributed by atoms with Crippen molar-refractivity contribution in [1.29, 1.82) is 0 Å². The lowest BCUT2D eigenvalue weighted by molar-refractivity contribution is -0.176. The van der Waals surface area contributed by atoms with Crippen LogP contribution < -0.4 is 0 Å². The Kier molecular flexibility index (Phi) is 3.86. The van der Waals surface area contributed by atoms with Gasteiger partial charge >= 0.3 is 11.2 Å². The summed E-state index contributed by atoms with van der Waals surface area (Å²) in [6, 6.07) is 0. The molecule has 2 atom stereocenters. The molecular weight excluding hydrogens is 271 g/mol. The van der Waals surface area contributed by atoms with Crippen molar-refractivity contribution in [3.63, 3.8) is 0 Å². The molecule has 0 aromatic rings. The molecule has 0 radical (unpaired) electrons. The molecule has 0 bridgehead atoms. The van der Waals surface area contributed by atoms with E-state index in [9.17, 15) is 34.6 Å². The summed E-state index contributed by atoms with van der Waals surface area (Å²) in [6.07, 6.45) is -0.0397. The first kappa shape index (κ1) is 14.7. The zero-order valence-corrected chi connectivity index (χ0v) is 8.59. The van der Waals surface area contributed by atoms with Crippen molar-refractivity contribution in [3.05, 3.63) is 0 Å². The van der Waals surface area contributed by atoms with E-state index in [1.165, 1.54) is 0 Å². The summed E-state index contributed by atoms with van der Waals surface area (Å²) in [5, 5.41) is -5.69. The summed E-state index contributed by atoms with van der Waals surface area (Å²) in [4.78, 5) is 0. The highest BCUT2D eigenvalue weighted by molar-refractivity contribution is 7.91. The van der Waals surface area contributed by atoms with Crippen LogP contribution in [-0.4, -0.2) is 40.1 Å². The van der Waals surface area contributed by atoms with Gasteiger partial charge in [-0.25, -0.2) is 17.0 Å². The molecule has 0 aromatic carbocycles. The molecule has 0 spiro atoms. The summed E-state index contributed by atoms with van der Waals surface area (Å²) >= 11 is -4.39. The van der Waals surface area contributed by atoms with Crippen LogP contribution >= 0.6 is 0 Å². The first-order valence-corrected chi connectivity index (χ1v) is 6.10. The minimum Gasteiger partial charge on any atom is -0.301 e. The molecule has 92 valence electrons. The maximum atomic E-state index is 12.5. The van der Waals surface area contributed by atoms with Crippen LogP contribution in [0.1, 0.15) is 0 Å². The van der Waals surface area contributed by atoms with E-state index in [1.807, 2.05) is 0 Å². The van der Waals surface area contributed by atoms with Crippen LogP contribution in [0.15, 0.2) is 0 Å². The predicted molar refractivity (Wildman–Crippen MR) is 40.4 cm³/mol. The van der Waals surface area contributed by atoms with Gasteiger partial charge in [0.2, 0.25) is 11.1 Å². The van der Waals surface area contributed by atoms with Gasteiger partial charge in [0.05, 0.1) is 0 Å². The number of sulfone groups is 1. The van der Waals surface area contributed by atoms with Crippen molar-refractivity contribution in [2.24, 2.45) is 0 Å². The Bertz CT molecular complexity index is 363. The molecule has 15 heavy (non-hydrogen) atoms. The second-order valence-electron chi connectivity index (χ2n) is 2.53. The quantitative estimate of drug-likeness (QED) is 0.608. The first-order valence-electron chi connectivity index (χ1n) is 3.04. The summed E-state index contributed by atoms with van der Waals surface area (Å²) in [6.45, 7) is 0. The highest BCUT2D eigenvalue weighted by Gasteiger charge is 2.69. The number of hydrogen-bond acceptors (Lipinski definition) is 3. The Morgan fingerprint density at radius 1 is 1.27 bits per heavy atom. The van der Waals surface area contributed by atoms with Crippen LogP contribution in [0.2, 0.25) is 0 Å². The van der Waals surface area contributed by atoms with E-state index in [1.54, 1.807) is 0 Å². The van der Waals surface area contributed by atoms with Crippen molar-refractivity contribution in [2.45, 2.75) is 16.7 Å². The molecule has 4 nitrogen and oxygen atoms in total. The summed E-state index contributed by atoms with van der Waals surface area (Å²) in [5.41, 5.74) is -4.25. The van der Waals surface area contributed by atoms with E-state index in [4.69, 9.17) is 4.55 Å². The van der Waals surface area contributed by atoms with E-state index in [0.717, 1.165) is 0 Å². The fourth-order valence-electron chi connectivity index (χ4n) is 0.517. The van der Waals surface area contributed by atoms with Crippen molar-refractivity contribution >= 4 is 20.9 Å². The number of alkyl halides is 5. The van der Waals surface area contributed by atoms with Gasteiger partial charge in [-0.1, -0.05) is 0 Å². The monoisotopic (exact) mass is 276 g/mol. The summed E-state index contributed by atoms with van der Waals surface area (Å²) in [5.74, 6) is -5.78. The average molecular weight is 276 g/mol. The average Bonchev–Trinajstić information content (AvgIpc) is 2.00. The number of rotatable bonds is 4. The van der Waals surface area contributed by atoms with E-state index < -0.39 is 37.6 Å². The molecule has 0 aliphatic carbocycles. The van der Waals surface area contributed by atoms with Gasteiger partial charge in [0, 0.05) is 6.26 Å². The van der Waals surface area contributed by atoms with Gasteiger partial charge in [-0.3, -0.25) is 0 Å². The van der Waals surface area contributed by atoms with Gasteiger partial charge in [0.15, 0.2) is 9.84 Å². The zero-order chi connectivity index (χ0) is 12.7. The Labute approximate surface area is 83.7 Å². The Balaban J connectivity index is 5.42. The van der Waals surface area contributed by atoms with Crippen molar-refractivity contribution in [1.82, 2.24) is 0 Å². The topological polar surface area (TPSA) is 71.4 Å². The van der Waals surface area contributed by atoms with Gasteiger partial charge in [-0.15, -0.1) is 0 Å². The van der Waals surface area contributed by atoms with E-state index in [-0.39, 0.29) is 6.26 Å². The Hall–Kier alpha value is -0.290. The van der Waals surface area contributed by atoms with E-state index in [0.29, 0.717) is 0 Å². The van der Waals surface area contributed by atoms with Crippen molar-refractivity contribution < 1.29 is 39.1 Å². The molecule has 2 unspecified atom stereocenters.